The van der Waals surface area contributed by atoms with Crippen molar-refractivity contribution in [2.45, 2.75) is 45.4 Å². The first-order valence-corrected chi connectivity index (χ1v) is 7.68. The molecule has 0 saturated carbocycles. The molecule has 0 spiro atoms. The summed E-state index contributed by atoms with van der Waals surface area (Å²) in [5.74, 6) is -0.253. The van der Waals surface area contributed by atoms with Gasteiger partial charge in [0, 0.05) is 16.7 Å². The van der Waals surface area contributed by atoms with Crippen molar-refractivity contribution < 1.29 is 8.42 Å². The van der Waals surface area contributed by atoms with Gasteiger partial charge in [-0.15, -0.1) is 5.10 Å². The van der Waals surface area contributed by atoms with Gasteiger partial charge in [-0.1, -0.05) is 18.6 Å². The first kappa shape index (κ1) is 13.4. The van der Waals surface area contributed by atoms with Crippen LogP contribution in [0.4, 0.5) is 0 Å². The lowest BCUT2D eigenvalue weighted by atomic mass is 10.2. The van der Waals surface area contributed by atoms with E-state index >= 15 is 0 Å². The van der Waals surface area contributed by atoms with Gasteiger partial charge >= 0.3 is 0 Å². The molecular formula is C9H16ClN3O2S. The van der Waals surface area contributed by atoms with E-state index in [1.807, 2.05) is 20.8 Å². The molecule has 16 heavy (non-hydrogen) atoms. The fraction of sp³-hybridized carbons (Fsp3) is 0.778. The lowest BCUT2D eigenvalue weighted by Gasteiger charge is -2.09. The van der Waals surface area contributed by atoms with Gasteiger partial charge in [-0.2, -0.15) is 0 Å². The molecule has 0 aromatic carbocycles. The third kappa shape index (κ3) is 3.45. The summed E-state index contributed by atoms with van der Waals surface area (Å²) in [6.45, 7) is 5.98. The highest BCUT2D eigenvalue weighted by atomic mass is 35.7. The summed E-state index contributed by atoms with van der Waals surface area (Å²) >= 11 is 0. The number of hydrogen-bond donors (Lipinski definition) is 0. The van der Waals surface area contributed by atoms with E-state index in [1.165, 1.54) is 0 Å². The van der Waals surface area contributed by atoms with E-state index in [2.05, 4.69) is 10.3 Å². The summed E-state index contributed by atoms with van der Waals surface area (Å²) in [7, 11) is 1.65. The summed E-state index contributed by atoms with van der Waals surface area (Å²) < 4.78 is 23.8. The highest BCUT2D eigenvalue weighted by Gasteiger charge is 2.18. The third-order valence-corrected chi connectivity index (χ3v) is 3.10. The molecule has 0 unspecified atom stereocenters. The molecule has 0 aliphatic rings. The van der Waals surface area contributed by atoms with E-state index in [0.717, 1.165) is 18.5 Å². The Kier molecular flexibility index (Phi) is 4.32. The lowest BCUT2D eigenvalue weighted by Crippen LogP contribution is -2.09. The van der Waals surface area contributed by atoms with Crippen LogP contribution in [-0.2, 0) is 21.2 Å². The van der Waals surface area contributed by atoms with E-state index in [0.29, 0.717) is 5.69 Å². The average Bonchev–Trinajstić information content (AvgIpc) is 2.47. The quantitative estimate of drug-likeness (QED) is 0.763. The molecule has 5 nitrogen and oxygen atoms in total. The Morgan fingerprint density at radius 3 is 2.50 bits per heavy atom. The molecule has 0 N–H and O–H groups in total. The SMILES string of the molecule is CCCc1c(CS(=O)(=O)Cl)nnn1C(C)C. The van der Waals surface area contributed by atoms with Gasteiger partial charge in [0.2, 0.25) is 9.05 Å². The maximum Gasteiger partial charge on any atom is 0.238 e. The van der Waals surface area contributed by atoms with Crippen molar-refractivity contribution in [1.29, 1.82) is 0 Å². The van der Waals surface area contributed by atoms with Gasteiger partial charge in [-0.3, -0.25) is 0 Å². The molecule has 7 heteroatoms. The van der Waals surface area contributed by atoms with Gasteiger partial charge in [-0.25, -0.2) is 13.1 Å². The zero-order chi connectivity index (χ0) is 12.3. The molecule has 1 aromatic rings. The lowest BCUT2D eigenvalue weighted by molar-refractivity contribution is 0.492. The van der Waals surface area contributed by atoms with E-state index in [9.17, 15) is 8.42 Å². The Morgan fingerprint density at radius 2 is 2.06 bits per heavy atom. The van der Waals surface area contributed by atoms with Crippen molar-refractivity contribution in [2.24, 2.45) is 0 Å². The Balaban J connectivity index is 3.10. The largest absolute Gasteiger partial charge is 0.247 e. The van der Waals surface area contributed by atoms with Gasteiger partial charge in [-0.05, 0) is 20.3 Å². The second-order valence-corrected chi connectivity index (χ2v) is 6.73. The van der Waals surface area contributed by atoms with Crippen molar-refractivity contribution in [3.63, 3.8) is 0 Å². The summed E-state index contributed by atoms with van der Waals surface area (Å²) in [5, 5.41) is 7.85. The highest BCUT2D eigenvalue weighted by Crippen LogP contribution is 2.17. The van der Waals surface area contributed by atoms with Crippen molar-refractivity contribution in [3.8, 4) is 0 Å². The highest BCUT2D eigenvalue weighted by molar-refractivity contribution is 8.13. The average molecular weight is 266 g/mol. The number of rotatable bonds is 5. The number of nitrogens with zero attached hydrogens (tertiary/aromatic N) is 3. The van der Waals surface area contributed by atoms with Crippen LogP contribution >= 0.6 is 10.7 Å². The normalized spacial score (nSPS) is 12.3. The topological polar surface area (TPSA) is 64.8 Å². The summed E-state index contributed by atoms with van der Waals surface area (Å²) in [6.07, 6.45) is 1.67. The van der Waals surface area contributed by atoms with Gasteiger partial charge in [0.05, 0.1) is 5.69 Å². The molecule has 1 rings (SSSR count). The van der Waals surface area contributed by atoms with Crippen molar-refractivity contribution >= 4 is 19.7 Å². The van der Waals surface area contributed by atoms with E-state index < -0.39 is 9.05 Å². The predicted molar refractivity (Wildman–Crippen MR) is 62.9 cm³/mol. The minimum Gasteiger partial charge on any atom is -0.247 e. The Morgan fingerprint density at radius 1 is 1.44 bits per heavy atom. The molecule has 0 saturated heterocycles. The van der Waals surface area contributed by atoms with Crippen LogP contribution in [0, 0.1) is 0 Å². The Labute approximate surface area is 100 Å². The van der Waals surface area contributed by atoms with Crippen LogP contribution in [0.3, 0.4) is 0 Å². The van der Waals surface area contributed by atoms with Crippen LogP contribution in [0.15, 0.2) is 0 Å². The minimum absolute atomic E-state index is 0.167. The van der Waals surface area contributed by atoms with Gasteiger partial charge in [0.1, 0.15) is 11.4 Å². The molecule has 0 radical (unpaired) electrons. The van der Waals surface area contributed by atoms with Crippen molar-refractivity contribution in [3.05, 3.63) is 11.4 Å². The first-order valence-electron chi connectivity index (χ1n) is 5.20. The van der Waals surface area contributed by atoms with Crippen molar-refractivity contribution in [1.82, 2.24) is 15.0 Å². The van der Waals surface area contributed by atoms with E-state index in [-0.39, 0.29) is 11.8 Å². The zero-order valence-corrected chi connectivity index (χ0v) is 11.2. The molecule has 92 valence electrons. The predicted octanol–water partition coefficient (Wildman–Crippen LogP) is 1.88. The molecule has 0 aliphatic carbocycles. The molecule has 1 heterocycles. The first-order chi connectivity index (χ1) is 7.35. The van der Waals surface area contributed by atoms with Crippen LogP contribution < -0.4 is 0 Å². The molecular weight excluding hydrogens is 250 g/mol. The molecule has 1 aromatic heterocycles. The zero-order valence-electron chi connectivity index (χ0n) is 9.64. The molecule has 0 bridgehead atoms. The molecule has 0 aliphatic heterocycles. The fourth-order valence-corrected chi connectivity index (χ4v) is 2.39. The van der Waals surface area contributed by atoms with Crippen LogP contribution in [0.1, 0.15) is 44.6 Å². The second kappa shape index (κ2) is 5.14. The van der Waals surface area contributed by atoms with E-state index in [1.54, 1.807) is 4.68 Å². The molecule has 0 fully saturated rings. The van der Waals surface area contributed by atoms with Crippen LogP contribution in [0.5, 0.6) is 0 Å². The summed E-state index contributed by atoms with van der Waals surface area (Å²) in [6, 6.07) is 0.167. The van der Waals surface area contributed by atoms with Gasteiger partial charge in [0.15, 0.2) is 0 Å². The smallest absolute Gasteiger partial charge is 0.238 e. The van der Waals surface area contributed by atoms with E-state index in [4.69, 9.17) is 10.7 Å². The maximum absolute atomic E-state index is 11.0. The van der Waals surface area contributed by atoms with Crippen LogP contribution in [0.2, 0.25) is 0 Å². The summed E-state index contributed by atoms with van der Waals surface area (Å²) in [5.41, 5.74) is 1.33. The standard InChI is InChI=1S/C9H16ClN3O2S/c1-4-5-9-8(6-16(10,14)15)11-12-13(9)7(2)3/h7H,4-6H2,1-3H3. The van der Waals surface area contributed by atoms with Crippen LogP contribution in [-0.4, -0.2) is 23.4 Å². The fourth-order valence-electron chi connectivity index (χ4n) is 1.53. The molecule has 0 atom stereocenters. The Bertz CT molecular complexity index is 453. The molecule has 0 amide bonds. The number of hydrogen-bond acceptors (Lipinski definition) is 4. The van der Waals surface area contributed by atoms with Crippen LogP contribution in [0.25, 0.3) is 0 Å². The van der Waals surface area contributed by atoms with Gasteiger partial charge in [0.25, 0.3) is 0 Å². The third-order valence-electron chi connectivity index (χ3n) is 2.16. The van der Waals surface area contributed by atoms with Gasteiger partial charge < -0.3 is 0 Å². The number of halogens is 1. The number of aromatic nitrogens is 3. The monoisotopic (exact) mass is 265 g/mol. The van der Waals surface area contributed by atoms with Crippen molar-refractivity contribution in [2.75, 3.05) is 0 Å². The second-order valence-electron chi connectivity index (χ2n) is 3.95. The Hall–Kier alpha value is -0.620. The summed E-state index contributed by atoms with van der Waals surface area (Å²) in [4.78, 5) is 0. The minimum atomic E-state index is -3.57. The maximum atomic E-state index is 11.0.